The number of hydrogen-bond donors (Lipinski definition) is 1. The van der Waals surface area contributed by atoms with Gasteiger partial charge in [-0.25, -0.2) is 13.1 Å². The Morgan fingerprint density at radius 3 is 2.40 bits per heavy atom. The Labute approximate surface area is 130 Å². The van der Waals surface area contributed by atoms with E-state index in [1.807, 2.05) is 31.2 Å². The maximum atomic E-state index is 12.2. The summed E-state index contributed by atoms with van der Waals surface area (Å²) in [6.07, 6.45) is 5.69. The summed E-state index contributed by atoms with van der Waals surface area (Å²) < 4.78 is 28.3. The maximum absolute atomic E-state index is 12.2. The molecule has 20 heavy (non-hydrogen) atoms. The lowest BCUT2D eigenvalue weighted by molar-refractivity contribution is 0.383. The molecule has 1 saturated carbocycles. The Hall–Kier alpha value is -0.390. The number of rotatable bonds is 5. The van der Waals surface area contributed by atoms with Crippen LogP contribution in [0.5, 0.6) is 0 Å². The number of hydrogen-bond acceptors (Lipinski definition) is 2. The van der Waals surface area contributed by atoms with Gasteiger partial charge in [-0.15, -0.1) is 0 Å². The van der Waals surface area contributed by atoms with Crippen LogP contribution in [0.4, 0.5) is 0 Å². The van der Waals surface area contributed by atoms with Crippen LogP contribution < -0.4 is 4.72 Å². The van der Waals surface area contributed by atoms with Gasteiger partial charge < -0.3 is 0 Å². The van der Waals surface area contributed by atoms with E-state index in [0.29, 0.717) is 5.92 Å². The second-order valence-corrected chi connectivity index (χ2v) is 8.39. The molecule has 112 valence electrons. The number of nitrogens with one attached hydrogen (secondary N) is 1. The van der Waals surface area contributed by atoms with Crippen molar-refractivity contribution in [1.29, 1.82) is 0 Å². The summed E-state index contributed by atoms with van der Waals surface area (Å²) >= 11 is 3.38. The molecular weight excluding hydrogens is 338 g/mol. The molecule has 0 heterocycles. The molecule has 1 aliphatic rings. The minimum atomic E-state index is -3.20. The largest absolute Gasteiger partial charge is 0.212 e. The molecule has 1 atom stereocenters. The Morgan fingerprint density at radius 1 is 1.20 bits per heavy atom. The van der Waals surface area contributed by atoms with Gasteiger partial charge in [0.2, 0.25) is 10.0 Å². The lowest BCUT2D eigenvalue weighted by Crippen LogP contribution is -2.32. The van der Waals surface area contributed by atoms with Crippen molar-refractivity contribution in [2.75, 3.05) is 5.75 Å². The van der Waals surface area contributed by atoms with E-state index < -0.39 is 10.0 Å². The van der Waals surface area contributed by atoms with Crippen LogP contribution in [0.25, 0.3) is 0 Å². The van der Waals surface area contributed by atoms with Crippen LogP contribution in [0.3, 0.4) is 0 Å². The Morgan fingerprint density at radius 2 is 1.80 bits per heavy atom. The van der Waals surface area contributed by atoms with Gasteiger partial charge in [-0.05, 0) is 43.4 Å². The first-order chi connectivity index (χ1) is 9.46. The van der Waals surface area contributed by atoms with E-state index in [-0.39, 0.29) is 11.8 Å². The average Bonchev–Trinajstić information content (AvgIpc) is 2.39. The summed E-state index contributed by atoms with van der Waals surface area (Å²) in [7, 11) is -3.20. The Kier molecular flexibility index (Phi) is 5.64. The van der Waals surface area contributed by atoms with E-state index in [1.165, 1.54) is 19.3 Å². The van der Waals surface area contributed by atoms with Gasteiger partial charge in [0.05, 0.1) is 5.75 Å². The highest BCUT2D eigenvalue weighted by Crippen LogP contribution is 2.25. The molecule has 1 fully saturated rings. The normalized spacial score (nSPS) is 18.9. The highest BCUT2D eigenvalue weighted by atomic mass is 79.9. The molecule has 1 N–H and O–H groups in total. The van der Waals surface area contributed by atoms with Gasteiger partial charge >= 0.3 is 0 Å². The van der Waals surface area contributed by atoms with Gasteiger partial charge in [-0.3, -0.25) is 0 Å². The van der Waals surface area contributed by atoms with Crippen molar-refractivity contribution >= 4 is 26.0 Å². The lowest BCUT2D eigenvalue weighted by Gasteiger charge is -2.22. The van der Waals surface area contributed by atoms with Crippen LogP contribution in [0.15, 0.2) is 28.7 Å². The van der Waals surface area contributed by atoms with Crippen LogP contribution >= 0.6 is 15.9 Å². The first kappa shape index (κ1) is 16.0. The summed E-state index contributed by atoms with van der Waals surface area (Å²) in [4.78, 5) is 0. The molecule has 5 heteroatoms. The molecule has 0 radical (unpaired) electrons. The van der Waals surface area contributed by atoms with E-state index >= 15 is 0 Å². The molecule has 0 amide bonds. The fourth-order valence-corrected chi connectivity index (χ4v) is 4.79. The second-order valence-electron chi connectivity index (χ2n) is 5.68. The van der Waals surface area contributed by atoms with Crippen molar-refractivity contribution in [2.24, 2.45) is 5.92 Å². The SMILES string of the molecule is CC(NS(=O)(=O)CC1CCCCC1)c1ccc(Br)cc1. The third-order valence-corrected chi connectivity index (χ3v) is 6.06. The van der Waals surface area contributed by atoms with Crippen molar-refractivity contribution in [3.63, 3.8) is 0 Å². The van der Waals surface area contributed by atoms with Gasteiger partial charge in [0.25, 0.3) is 0 Å². The Balaban J connectivity index is 1.94. The molecule has 0 aliphatic heterocycles. The van der Waals surface area contributed by atoms with Gasteiger partial charge in [0, 0.05) is 10.5 Å². The van der Waals surface area contributed by atoms with Gasteiger partial charge in [-0.2, -0.15) is 0 Å². The molecule has 1 aliphatic carbocycles. The quantitative estimate of drug-likeness (QED) is 0.862. The zero-order chi connectivity index (χ0) is 14.6. The maximum Gasteiger partial charge on any atom is 0.212 e. The molecule has 0 bridgehead atoms. The zero-order valence-corrected chi connectivity index (χ0v) is 14.2. The monoisotopic (exact) mass is 359 g/mol. The fourth-order valence-electron chi connectivity index (χ4n) is 2.80. The molecule has 2 rings (SSSR count). The van der Waals surface area contributed by atoms with Crippen molar-refractivity contribution < 1.29 is 8.42 Å². The molecule has 1 aromatic carbocycles. The van der Waals surface area contributed by atoms with Gasteiger partial charge in [0.15, 0.2) is 0 Å². The highest BCUT2D eigenvalue weighted by molar-refractivity contribution is 9.10. The summed E-state index contributed by atoms with van der Waals surface area (Å²) in [5.74, 6) is 0.604. The molecule has 3 nitrogen and oxygen atoms in total. The predicted octanol–water partition coefficient (Wildman–Crippen LogP) is 4.01. The van der Waals surface area contributed by atoms with Crippen molar-refractivity contribution in [3.05, 3.63) is 34.3 Å². The standard InChI is InChI=1S/C15H22BrNO2S/c1-12(14-7-9-15(16)10-8-14)17-20(18,19)11-13-5-3-2-4-6-13/h7-10,12-13,17H,2-6,11H2,1H3. The van der Waals surface area contributed by atoms with Gasteiger partial charge in [-0.1, -0.05) is 47.3 Å². The molecule has 0 spiro atoms. The van der Waals surface area contributed by atoms with Crippen LogP contribution in [0.2, 0.25) is 0 Å². The summed E-state index contributed by atoms with van der Waals surface area (Å²) in [5.41, 5.74) is 0.986. The van der Waals surface area contributed by atoms with E-state index in [9.17, 15) is 8.42 Å². The van der Waals surface area contributed by atoms with Crippen molar-refractivity contribution in [3.8, 4) is 0 Å². The lowest BCUT2D eigenvalue weighted by atomic mass is 9.91. The number of benzene rings is 1. The summed E-state index contributed by atoms with van der Waals surface area (Å²) in [6.45, 7) is 1.89. The van der Waals surface area contributed by atoms with Crippen LogP contribution in [0, 0.1) is 5.92 Å². The molecular formula is C15H22BrNO2S. The minimum absolute atomic E-state index is 0.184. The smallest absolute Gasteiger partial charge is 0.212 e. The molecule has 1 aromatic rings. The van der Waals surface area contributed by atoms with E-state index in [4.69, 9.17) is 0 Å². The zero-order valence-electron chi connectivity index (χ0n) is 11.8. The molecule has 0 saturated heterocycles. The predicted molar refractivity (Wildman–Crippen MR) is 86.1 cm³/mol. The minimum Gasteiger partial charge on any atom is -0.212 e. The van der Waals surface area contributed by atoms with Crippen LogP contribution in [-0.4, -0.2) is 14.2 Å². The molecule has 1 unspecified atom stereocenters. The van der Waals surface area contributed by atoms with Crippen LogP contribution in [-0.2, 0) is 10.0 Å². The summed E-state index contributed by atoms with van der Waals surface area (Å²) in [6, 6.07) is 7.56. The third-order valence-electron chi connectivity index (χ3n) is 3.91. The Bertz CT molecular complexity index is 521. The van der Waals surface area contributed by atoms with E-state index in [2.05, 4.69) is 20.7 Å². The number of halogens is 1. The average molecular weight is 360 g/mol. The topological polar surface area (TPSA) is 46.2 Å². The third kappa shape index (κ3) is 4.86. The first-order valence-corrected chi connectivity index (χ1v) is 9.66. The second kappa shape index (κ2) is 7.05. The number of sulfonamides is 1. The van der Waals surface area contributed by atoms with Crippen molar-refractivity contribution in [2.45, 2.75) is 45.1 Å². The van der Waals surface area contributed by atoms with E-state index in [1.54, 1.807) is 0 Å². The first-order valence-electron chi connectivity index (χ1n) is 7.22. The summed E-state index contributed by atoms with van der Waals surface area (Å²) in [5, 5.41) is 0. The molecule has 0 aromatic heterocycles. The fraction of sp³-hybridized carbons (Fsp3) is 0.600. The van der Waals surface area contributed by atoms with Crippen molar-refractivity contribution in [1.82, 2.24) is 4.72 Å². The van der Waals surface area contributed by atoms with Gasteiger partial charge in [0.1, 0.15) is 0 Å². The highest BCUT2D eigenvalue weighted by Gasteiger charge is 2.23. The van der Waals surface area contributed by atoms with Crippen LogP contribution in [0.1, 0.15) is 50.6 Å². The van der Waals surface area contributed by atoms with E-state index in [0.717, 1.165) is 22.9 Å².